The predicted molar refractivity (Wildman–Crippen MR) is 117 cm³/mol. The summed E-state index contributed by atoms with van der Waals surface area (Å²) in [5.41, 5.74) is 3.65. The van der Waals surface area contributed by atoms with Gasteiger partial charge in [-0.2, -0.15) is 0 Å². The first kappa shape index (κ1) is 19.6. The van der Waals surface area contributed by atoms with Crippen LogP contribution in [0.3, 0.4) is 0 Å². The third-order valence-electron chi connectivity index (χ3n) is 5.02. The molecule has 7 heteroatoms. The van der Waals surface area contributed by atoms with E-state index in [1.807, 2.05) is 68.4 Å². The first-order valence-corrected chi connectivity index (χ1v) is 9.87. The van der Waals surface area contributed by atoms with Crippen LogP contribution < -0.4 is 10.6 Å². The number of rotatable bonds is 5. The van der Waals surface area contributed by atoms with Crippen LogP contribution in [0.1, 0.15) is 18.3 Å². The van der Waals surface area contributed by atoms with Crippen molar-refractivity contribution >= 4 is 17.2 Å². The van der Waals surface area contributed by atoms with E-state index in [0.29, 0.717) is 18.0 Å². The number of likely N-dealkylation sites (N-methyl/N-ethyl adjacent to an activating group) is 1. The molecule has 0 aliphatic carbocycles. The third kappa shape index (κ3) is 3.61. The number of fused-ring (bicyclic) bond motifs is 1. The zero-order valence-corrected chi connectivity index (χ0v) is 17.2. The molecule has 30 heavy (non-hydrogen) atoms. The highest BCUT2D eigenvalue weighted by Gasteiger charge is 2.19. The Labute approximate surface area is 174 Å². The number of aromatic nitrogens is 4. The molecule has 2 aromatic carbocycles. The van der Waals surface area contributed by atoms with Gasteiger partial charge in [-0.05, 0) is 38.5 Å². The average molecular weight is 401 g/mol. The van der Waals surface area contributed by atoms with Gasteiger partial charge < -0.3 is 4.90 Å². The molecular weight excluding hydrogens is 378 g/mol. The molecule has 0 fully saturated rings. The monoisotopic (exact) mass is 401 g/mol. The van der Waals surface area contributed by atoms with Crippen molar-refractivity contribution in [1.82, 2.24) is 19.2 Å². The fourth-order valence-electron chi connectivity index (χ4n) is 3.57. The van der Waals surface area contributed by atoms with Gasteiger partial charge in [-0.1, -0.05) is 42.5 Å². The quantitative estimate of drug-likeness (QED) is 0.515. The third-order valence-corrected chi connectivity index (χ3v) is 5.02. The maximum absolute atomic E-state index is 13.0. The fraction of sp³-hybridized carbons (Fsp3) is 0.217. The molecule has 1 amide bonds. The van der Waals surface area contributed by atoms with Crippen LogP contribution in [0, 0.1) is 13.8 Å². The standard InChI is InChI=1S/C23H23N5O2/c1-4-26(19-12-8-9-16(2)13-19)22(29)15-27-23(30)28-17(3)24-20(14-21(28)25-27)18-10-6-5-7-11-18/h5-14H,4,15H2,1-3H3. The van der Waals surface area contributed by atoms with Crippen molar-refractivity contribution in [2.75, 3.05) is 11.4 Å². The number of amides is 1. The molecule has 0 atom stereocenters. The summed E-state index contributed by atoms with van der Waals surface area (Å²) in [5.74, 6) is 0.337. The summed E-state index contributed by atoms with van der Waals surface area (Å²) in [7, 11) is 0. The summed E-state index contributed by atoms with van der Waals surface area (Å²) in [4.78, 5) is 32.1. The number of carbonyl (C=O) groups excluding carboxylic acids is 1. The van der Waals surface area contributed by atoms with E-state index >= 15 is 0 Å². The molecule has 0 bridgehead atoms. The molecule has 2 heterocycles. The lowest BCUT2D eigenvalue weighted by atomic mass is 10.1. The van der Waals surface area contributed by atoms with E-state index in [-0.39, 0.29) is 18.1 Å². The zero-order chi connectivity index (χ0) is 21.3. The second-order valence-corrected chi connectivity index (χ2v) is 7.17. The second-order valence-electron chi connectivity index (χ2n) is 7.17. The Morgan fingerprint density at radius 1 is 1.03 bits per heavy atom. The zero-order valence-electron chi connectivity index (χ0n) is 17.2. The molecule has 0 N–H and O–H groups in total. The highest BCUT2D eigenvalue weighted by atomic mass is 16.2. The van der Waals surface area contributed by atoms with Gasteiger partial charge in [0.1, 0.15) is 12.4 Å². The Bertz CT molecular complexity index is 1270. The van der Waals surface area contributed by atoms with Crippen molar-refractivity contribution in [3.63, 3.8) is 0 Å². The number of anilines is 1. The Hall–Kier alpha value is -3.74. The van der Waals surface area contributed by atoms with Crippen LogP contribution in [0.4, 0.5) is 5.69 Å². The molecule has 152 valence electrons. The van der Waals surface area contributed by atoms with Gasteiger partial charge in [0.15, 0.2) is 5.65 Å². The first-order chi connectivity index (χ1) is 14.5. The molecule has 2 aromatic heterocycles. The van der Waals surface area contributed by atoms with Gasteiger partial charge in [0.05, 0.1) is 5.69 Å². The van der Waals surface area contributed by atoms with Crippen molar-refractivity contribution in [3.8, 4) is 11.3 Å². The highest BCUT2D eigenvalue weighted by molar-refractivity contribution is 5.93. The van der Waals surface area contributed by atoms with Crippen LogP contribution in [-0.2, 0) is 11.3 Å². The molecule has 7 nitrogen and oxygen atoms in total. The van der Waals surface area contributed by atoms with Gasteiger partial charge in [0.25, 0.3) is 0 Å². The Morgan fingerprint density at radius 3 is 2.50 bits per heavy atom. The van der Waals surface area contributed by atoms with Gasteiger partial charge in [0, 0.05) is 23.9 Å². The molecule has 0 aliphatic heterocycles. The predicted octanol–water partition coefficient (Wildman–Crippen LogP) is 3.23. The number of benzene rings is 2. The summed E-state index contributed by atoms with van der Waals surface area (Å²) in [6.07, 6.45) is 0. The molecule has 0 spiro atoms. The number of hydrogen-bond acceptors (Lipinski definition) is 4. The normalized spacial score (nSPS) is 11.0. The maximum Gasteiger partial charge on any atom is 0.352 e. The molecule has 4 aromatic rings. The molecule has 0 unspecified atom stereocenters. The highest BCUT2D eigenvalue weighted by Crippen LogP contribution is 2.19. The summed E-state index contributed by atoms with van der Waals surface area (Å²) in [5, 5.41) is 4.41. The van der Waals surface area contributed by atoms with E-state index < -0.39 is 0 Å². The smallest absolute Gasteiger partial charge is 0.311 e. The minimum absolute atomic E-state index is 0.137. The van der Waals surface area contributed by atoms with E-state index in [2.05, 4.69) is 10.1 Å². The summed E-state index contributed by atoms with van der Waals surface area (Å²) in [6, 6.07) is 19.2. The van der Waals surface area contributed by atoms with Crippen LogP contribution >= 0.6 is 0 Å². The average Bonchev–Trinajstić information content (AvgIpc) is 3.05. The van der Waals surface area contributed by atoms with E-state index in [9.17, 15) is 9.59 Å². The second kappa shape index (κ2) is 7.94. The van der Waals surface area contributed by atoms with Crippen LogP contribution in [0.2, 0.25) is 0 Å². The Kier molecular flexibility index (Phi) is 5.18. The maximum atomic E-state index is 13.0. The van der Waals surface area contributed by atoms with E-state index in [1.54, 1.807) is 17.9 Å². The number of aryl methyl sites for hydroxylation is 2. The van der Waals surface area contributed by atoms with Crippen molar-refractivity contribution in [2.45, 2.75) is 27.3 Å². The number of hydrogen-bond donors (Lipinski definition) is 0. The lowest BCUT2D eigenvalue weighted by Gasteiger charge is -2.21. The van der Waals surface area contributed by atoms with Gasteiger partial charge in [0.2, 0.25) is 5.91 Å². The van der Waals surface area contributed by atoms with Gasteiger partial charge in [-0.15, -0.1) is 5.10 Å². The van der Waals surface area contributed by atoms with Crippen LogP contribution in [0.5, 0.6) is 0 Å². The van der Waals surface area contributed by atoms with E-state index in [1.165, 1.54) is 9.08 Å². The molecular formula is C23H23N5O2. The van der Waals surface area contributed by atoms with E-state index in [4.69, 9.17) is 0 Å². The summed E-state index contributed by atoms with van der Waals surface area (Å²) < 4.78 is 2.64. The fourth-order valence-corrected chi connectivity index (χ4v) is 3.57. The van der Waals surface area contributed by atoms with Crippen molar-refractivity contribution in [1.29, 1.82) is 0 Å². The minimum atomic E-state index is -0.372. The van der Waals surface area contributed by atoms with E-state index in [0.717, 1.165) is 22.5 Å². The van der Waals surface area contributed by atoms with Gasteiger partial charge in [-0.25, -0.2) is 18.9 Å². The summed E-state index contributed by atoms with van der Waals surface area (Å²) >= 11 is 0. The molecule has 0 radical (unpaired) electrons. The lowest BCUT2D eigenvalue weighted by molar-refractivity contribution is -0.119. The van der Waals surface area contributed by atoms with Crippen molar-refractivity contribution in [2.24, 2.45) is 0 Å². The van der Waals surface area contributed by atoms with Crippen LogP contribution in [0.15, 0.2) is 65.5 Å². The SMILES string of the molecule is CCN(C(=O)Cn1nc2cc(-c3ccccc3)nc(C)n2c1=O)c1cccc(C)c1. The Balaban J connectivity index is 1.69. The molecule has 0 saturated heterocycles. The van der Waals surface area contributed by atoms with Crippen LogP contribution in [-0.4, -0.2) is 31.6 Å². The largest absolute Gasteiger partial charge is 0.352 e. The molecule has 0 saturated carbocycles. The molecule has 4 rings (SSSR count). The topological polar surface area (TPSA) is 72.5 Å². The summed E-state index contributed by atoms with van der Waals surface area (Å²) in [6.45, 7) is 6.02. The van der Waals surface area contributed by atoms with Gasteiger partial charge in [-0.3, -0.25) is 4.79 Å². The minimum Gasteiger partial charge on any atom is -0.311 e. The Morgan fingerprint density at radius 2 is 1.80 bits per heavy atom. The lowest BCUT2D eigenvalue weighted by Crippen LogP contribution is -2.37. The van der Waals surface area contributed by atoms with Crippen molar-refractivity contribution in [3.05, 3.63) is 82.5 Å². The van der Waals surface area contributed by atoms with Crippen LogP contribution in [0.25, 0.3) is 16.9 Å². The molecule has 0 aliphatic rings. The van der Waals surface area contributed by atoms with Crippen molar-refractivity contribution < 1.29 is 4.79 Å². The number of carbonyl (C=O) groups is 1. The van der Waals surface area contributed by atoms with Gasteiger partial charge >= 0.3 is 5.69 Å². The number of nitrogens with zero attached hydrogens (tertiary/aromatic N) is 5. The first-order valence-electron chi connectivity index (χ1n) is 9.87.